The number of rotatable bonds is 1. The molecule has 0 saturated carbocycles. The average molecular weight is 276 g/mol. The van der Waals surface area contributed by atoms with Crippen molar-refractivity contribution in [1.29, 1.82) is 0 Å². The van der Waals surface area contributed by atoms with Crippen LogP contribution in [0, 0.1) is 0 Å². The minimum Gasteiger partial charge on any atom is -0.345 e. The van der Waals surface area contributed by atoms with E-state index < -0.39 is 0 Å². The van der Waals surface area contributed by atoms with Gasteiger partial charge in [-0.05, 0) is 29.8 Å². The van der Waals surface area contributed by atoms with Gasteiger partial charge in [0.15, 0.2) is 5.13 Å². The van der Waals surface area contributed by atoms with Crippen molar-refractivity contribution in [3.63, 3.8) is 0 Å². The maximum atomic E-state index is 4.38. The fraction of sp³-hybridized carbons (Fsp3) is 0.667. The second-order valence-electron chi connectivity index (χ2n) is 3.82. The molecule has 1 fully saturated rings. The molecule has 78 valence electrons. The molecule has 1 aromatic rings. The molecule has 1 N–H and O–H groups in total. The second kappa shape index (κ2) is 4.16. The van der Waals surface area contributed by atoms with E-state index in [9.17, 15) is 0 Å². The van der Waals surface area contributed by atoms with Crippen LogP contribution in [0.4, 0.5) is 5.13 Å². The van der Waals surface area contributed by atoms with Gasteiger partial charge in [0.05, 0.1) is 9.98 Å². The van der Waals surface area contributed by atoms with Crippen LogP contribution in [0.3, 0.4) is 0 Å². The van der Waals surface area contributed by atoms with Crippen molar-refractivity contribution in [1.82, 2.24) is 10.3 Å². The monoisotopic (exact) mass is 275 g/mol. The molecule has 0 aromatic carbocycles. The minimum atomic E-state index is 0.543. The van der Waals surface area contributed by atoms with Crippen LogP contribution >= 0.6 is 27.3 Å². The molecule has 1 aliphatic heterocycles. The largest absolute Gasteiger partial charge is 0.345 e. The number of nitrogens with zero attached hydrogens (tertiary/aromatic N) is 2. The van der Waals surface area contributed by atoms with Crippen molar-refractivity contribution in [2.45, 2.75) is 25.9 Å². The molecule has 0 radical (unpaired) electrons. The van der Waals surface area contributed by atoms with Gasteiger partial charge in [-0.25, -0.2) is 4.98 Å². The lowest BCUT2D eigenvalue weighted by Crippen LogP contribution is -2.54. The molecule has 0 aliphatic carbocycles. The Morgan fingerprint density at radius 1 is 1.50 bits per heavy atom. The van der Waals surface area contributed by atoms with Gasteiger partial charge in [-0.3, -0.25) is 0 Å². The zero-order valence-corrected chi connectivity index (χ0v) is 10.7. The van der Waals surface area contributed by atoms with E-state index in [1.807, 2.05) is 6.20 Å². The summed E-state index contributed by atoms with van der Waals surface area (Å²) in [6.45, 7) is 6.52. The lowest BCUT2D eigenvalue weighted by Gasteiger charge is -2.35. The Balaban J connectivity index is 2.10. The summed E-state index contributed by atoms with van der Waals surface area (Å²) in [6.07, 6.45) is 1.87. The summed E-state index contributed by atoms with van der Waals surface area (Å²) in [5, 5.41) is 4.63. The Kier molecular flexibility index (Phi) is 3.09. The van der Waals surface area contributed by atoms with Crippen molar-refractivity contribution in [2.24, 2.45) is 0 Å². The van der Waals surface area contributed by atoms with Crippen molar-refractivity contribution in [3.8, 4) is 0 Å². The first kappa shape index (κ1) is 10.4. The Labute approximate surface area is 96.7 Å². The number of halogens is 1. The highest BCUT2D eigenvalue weighted by molar-refractivity contribution is 9.11. The molecular weight excluding hydrogens is 262 g/mol. The summed E-state index contributed by atoms with van der Waals surface area (Å²) in [7, 11) is 0. The maximum Gasteiger partial charge on any atom is 0.186 e. The number of hydrogen-bond donors (Lipinski definition) is 1. The Bertz CT molecular complexity index is 305. The molecule has 5 heteroatoms. The van der Waals surface area contributed by atoms with E-state index in [0.29, 0.717) is 12.1 Å². The standard InChI is InChI=1S/C9H14BrN3S/c1-6-4-13(5-7(2)12-6)9-11-3-8(10)14-9/h3,6-7,12H,4-5H2,1-2H3/t6-,7+. The molecule has 2 atom stereocenters. The molecule has 1 aromatic heterocycles. The highest BCUT2D eigenvalue weighted by Crippen LogP contribution is 2.27. The van der Waals surface area contributed by atoms with Gasteiger partial charge in [0.2, 0.25) is 0 Å². The lowest BCUT2D eigenvalue weighted by molar-refractivity contribution is 0.406. The Morgan fingerprint density at radius 3 is 2.64 bits per heavy atom. The van der Waals surface area contributed by atoms with Crippen molar-refractivity contribution in [2.75, 3.05) is 18.0 Å². The van der Waals surface area contributed by atoms with Crippen molar-refractivity contribution < 1.29 is 0 Å². The van der Waals surface area contributed by atoms with E-state index in [1.165, 1.54) is 0 Å². The van der Waals surface area contributed by atoms with Gasteiger partial charge in [-0.1, -0.05) is 11.3 Å². The zero-order chi connectivity index (χ0) is 10.1. The maximum absolute atomic E-state index is 4.38. The predicted molar refractivity (Wildman–Crippen MR) is 64.1 cm³/mol. The Morgan fingerprint density at radius 2 is 2.14 bits per heavy atom. The predicted octanol–water partition coefficient (Wildman–Crippen LogP) is 2.09. The third kappa shape index (κ3) is 2.27. The van der Waals surface area contributed by atoms with Crippen LogP contribution in [0.1, 0.15) is 13.8 Å². The molecule has 0 amide bonds. The molecule has 3 nitrogen and oxygen atoms in total. The van der Waals surface area contributed by atoms with Gasteiger partial charge in [-0.15, -0.1) is 0 Å². The minimum absolute atomic E-state index is 0.543. The van der Waals surface area contributed by atoms with Gasteiger partial charge in [0, 0.05) is 25.2 Å². The fourth-order valence-corrected chi connectivity index (χ4v) is 3.08. The first-order valence-electron chi connectivity index (χ1n) is 4.77. The van der Waals surface area contributed by atoms with Crippen molar-refractivity contribution in [3.05, 3.63) is 9.98 Å². The fourth-order valence-electron chi connectivity index (χ4n) is 1.88. The molecule has 0 unspecified atom stereocenters. The molecular formula is C9H14BrN3S. The third-order valence-electron chi connectivity index (χ3n) is 2.29. The van der Waals surface area contributed by atoms with Crippen LogP contribution in [0.5, 0.6) is 0 Å². The van der Waals surface area contributed by atoms with Crippen LogP contribution < -0.4 is 10.2 Å². The van der Waals surface area contributed by atoms with E-state index in [0.717, 1.165) is 22.0 Å². The SMILES string of the molecule is C[C@@H]1CN(c2ncc(Br)s2)C[C@H](C)N1. The van der Waals surface area contributed by atoms with Crippen LogP contribution in [0.25, 0.3) is 0 Å². The lowest BCUT2D eigenvalue weighted by atomic mass is 10.2. The van der Waals surface area contributed by atoms with Crippen LogP contribution in [-0.2, 0) is 0 Å². The van der Waals surface area contributed by atoms with E-state index >= 15 is 0 Å². The first-order chi connectivity index (χ1) is 6.65. The average Bonchev–Trinajstić information content (AvgIpc) is 2.50. The normalized spacial score (nSPS) is 28.1. The summed E-state index contributed by atoms with van der Waals surface area (Å²) in [5.74, 6) is 0. The summed E-state index contributed by atoms with van der Waals surface area (Å²) in [4.78, 5) is 6.73. The van der Waals surface area contributed by atoms with E-state index in [2.05, 4.69) is 45.0 Å². The summed E-state index contributed by atoms with van der Waals surface area (Å²) in [6, 6.07) is 1.09. The number of anilines is 1. The molecule has 2 heterocycles. The molecule has 1 aliphatic rings. The third-order valence-corrected chi connectivity index (χ3v) is 3.83. The quantitative estimate of drug-likeness (QED) is 0.851. The Hall–Kier alpha value is -0.130. The molecule has 0 spiro atoms. The van der Waals surface area contributed by atoms with Gasteiger partial charge < -0.3 is 10.2 Å². The zero-order valence-electron chi connectivity index (χ0n) is 8.33. The highest BCUT2D eigenvalue weighted by Gasteiger charge is 2.22. The number of nitrogens with one attached hydrogen (secondary N) is 1. The summed E-state index contributed by atoms with van der Waals surface area (Å²) >= 11 is 5.14. The van der Waals surface area contributed by atoms with Crippen LogP contribution in [0.15, 0.2) is 9.98 Å². The molecule has 14 heavy (non-hydrogen) atoms. The summed E-state index contributed by atoms with van der Waals surface area (Å²) < 4.78 is 1.10. The highest BCUT2D eigenvalue weighted by atomic mass is 79.9. The number of thiazole rings is 1. The van der Waals surface area contributed by atoms with Crippen LogP contribution in [-0.4, -0.2) is 30.2 Å². The number of hydrogen-bond acceptors (Lipinski definition) is 4. The summed E-state index contributed by atoms with van der Waals surface area (Å²) in [5.41, 5.74) is 0. The number of aromatic nitrogens is 1. The second-order valence-corrected chi connectivity index (χ2v) is 6.21. The smallest absolute Gasteiger partial charge is 0.186 e. The number of piperazine rings is 1. The molecule has 0 bridgehead atoms. The first-order valence-corrected chi connectivity index (χ1v) is 6.38. The van der Waals surface area contributed by atoms with Gasteiger partial charge in [0.25, 0.3) is 0 Å². The van der Waals surface area contributed by atoms with E-state index in [4.69, 9.17) is 0 Å². The molecule has 1 saturated heterocycles. The van der Waals surface area contributed by atoms with E-state index in [-0.39, 0.29) is 0 Å². The topological polar surface area (TPSA) is 28.2 Å². The van der Waals surface area contributed by atoms with Gasteiger partial charge >= 0.3 is 0 Å². The van der Waals surface area contributed by atoms with Crippen LogP contribution in [0.2, 0.25) is 0 Å². The van der Waals surface area contributed by atoms with Gasteiger partial charge in [-0.2, -0.15) is 0 Å². The molecule has 2 rings (SSSR count). The van der Waals surface area contributed by atoms with Gasteiger partial charge in [0.1, 0.15) is 0 Å². The van der Waals surface area contributed by atoms with E-state index in [1.54, 1.807) is 11.3 Å². The van der Waals surface area contributed by atoms with Crippen molar-refractivity contribution >= 4 is 32.4 Å².